The summed E-state index contributed by atoms with van der Waals surface area (Å²) in [6.45, 7) is 0. The Morgan fingerprint density at radius 2 is 2.33 bits per heavy atom. The zero-order valence-electron chi connectivity index (χ0n) is 4.84. The predicted molar refractivity (Wildman–Crippen MR) is 37.6 cm³/mol. The molecule has 0 fully saturated rings. The Morgan fingerprint density at radius 1 is 1.56 bits per heavy atom. The molecular formula is C6H7FNP. The van der Waals surface area contributed by atoms with Crippen LogP contribution in [0.5, 0.6) is 0 Å². The van der Waals surface area contributed by atoms with Gasteiger partial charge >= 0.3 is 0 Å². The van der Waals surface area contributed by atoms with E-state index in [1.54, 1.807) is 6.20 Å². The molecule has 0 bridgehead atoms. The van der Waals surface area contributed by atoms with Gasteiger partial charge in [-0.2, -0.15) is 0 Å². The molecule has 0 aromatic carbocycles. The van der Waals surface area contributed by atoms with Crippen LogP contribution in [0.1, 0.15) is 5.56 Å². The fourth-order valence-corrected chi connectivity index (χ4v) is 0.791. The zero-order valence-corrected chi connectivity index (χ0v) is 6.00. The van der Waals surface area contributed by atoms with Crippen molar-refractivity contribution in [1.29, 1.82) is 0 Å². The van der Waals surface area contributed by atoms with Crippen molar-refractivity contribution >= 4 is 9.24 Å². The lowest BCUT2D eigenvalue weighted by Gasteiger charge is -1.91. The first-order valence-corrected chi connectivity index (χ1v) is 3.44. The molecule has 0 saturated carbocycles. The van der Waals surface area contributed by atoms with Gasteiger partial charge in [0.15, 0.2) is 0 Å². The summed E-state index contributed by atoms with van der Waals surface area (Å²) in [5, 5.41) is 0. The van der Waals surface area contributed by atoms with Crippen molar-refractivity contribution in [1.82, 2.24) is 4.98 Å². The molecule has 0 N–H and O–H groups in total. The average molecular weight is 143 g/mol. The van der Waals surface area contributed by atoms with E-state index in [0.29, 0.717) is 0 Å². The molecule has 0 aliphatic heterocycles. The van der Waals surface area contributed by atoms with Crippen LogP contribution in [0.3, 0.4) is 0 Å². The van der Waals surface area contributed by atoms with E-state index >= 15 is 0 Å². The number of halogens is 1. The highest BCUT2D eigenvalue weighted by Crippen LogP contribution is 2.04. The number of hydrogen-bond donors (Lipinski definition) is 0. The third-order valence-corrected chi connectivity index (χ3v) is 1.47. The Morgan fingerprint density at radius 3 is 2.78 bits per heavy atom. The summed E-state index contributed by atoms with van der Waals surface area (Å²) in [6, 6.07) is 1.47. The van der Waals surface area contributed by atoms with Crippen molar-refractivity contribution in [2.24, 2.45) is 0 Å². The van der Waals surface area contributed by atoms with Gasteiger partial charge in [-0.25, -0.2) is 4.39 Å². The highest BCUT2D eigenvalue weighted by molar-refractivity contribution is 7.15. The first kappa shape index (κ1) is 6.63. The van der Waals surface area contributed by atoms with E-state index in [2.05, 4.69) is 14.2 Å². The number of aromatic nitrogens is 1. The molecule has 1 unspecified atom stereocenters. The van der Waals surface area contributed by atoms with Gasteiger partial charge in [0.25, 0.3) is 0 Å². The molecule has 1 aromatic rings. The molecule has 1 nitrogen and oxygen atoms in total. The lowest BCUT2D eigenvalue weighted by Crippen LogP contribution is -1.81. The quantitative estimate of drug-likeness (QED) is 0.544. The molecule has 0 spiro atoms. The molecule has 0 aliphatic rings. The van der Waals surface area contributed by atoms with E-state index in [9.17, 15) is 4.39 Å². The van der Waals surface area contributed by atoms with E-state index < -0.39 is 0 Å². The van der Waals surface area contributed by atoms with Gasteiger partial charge in [0.05, 0.1) is 6.20 Å². The third kappa shape index (κ3) is 1.72. The maximum Gasteiger partial charge on any atom is 0.141 e. The van der Waals surface area contributed by atoms with Crippen LogP contribution in [-0.4, -0.2) is 4.98 Å². The van der Waals surface area contributed by atoms with Gasteiger partial charge in [-0.3, -0.25) is 4.98 Å². The van der Waals surface area contributed by atoms with Crippen LogP contribution in [0.25, 0.3) is 0 Å². The van der Waals surface area contributed by atoms with Crippen LogP contribution in [0.4, 0.5) is 4.39 Å². The maximum absolute atomic E-state index is 12.3. The van der Waals surface area contributed by atoms with Gasteiger partial charge in [-0.1, -0.05) is 0 Å². The van der Waals surface area contributed by atoms with Gasteiger partial charge in [0.2, 0.25) is 0 Å². The highest BCUT2D eigenvalue weighted by Gasteiger charge is 1.90. The average Bonchev–Trinajstić information content (AvgIpc) is 1.88. The molecule has 1 rings (SSSR count). The molecule has 0 saturated heterocycles. The second kappa shape index (κ2) is 2.88. The summed E-state index contributed by atoms with van der Waals surface area (Å²) < 4.78 is 12.3. The fraction of sp³-hybridized carbons (Fsp3) is 0.167. The van der Waals surface area contributed by atoms with E-state index in [1.165, 1.54) is 12.3 Å². The van der Waals surface area contributed by atoms with Crippen molar-refractivity contribution in [2.75, 3.05) is 0 Å². The van der Waals surface area contributed by atoms with Gasteiger partial charge in [-0.05, 0) is 17.8 Å². The minimum absolute atomic E-state index is 0.269. The number of pyridine rings is 1. The lowest BCUT2D eigenvalue weighted by atomic mass is 10.3. The smallest absolute Gasteiger partial charge is 0.141 e. The molecule has 1 heterocycles. The summed E-state index contributed by atoms with van der Waals surface area (Å²) in [7, 11) is 2.51. The fourth-order valence-electron chi connectivity index (χ4n) is 0.567. The number of nitrogens with zero attached hydrogens (tertiary/aromatic N) is 1. The monoisotopic (exact) mass is 143 g/mol. The Labute approximate surface area is 55.5 Å². The van der Waals surface area contributed by atoms with Crippen molar-refractivity contribution in [3.8, 4) is 0 Å². The van der Waals surface area contributed by atoms with Crippen molar-refractivity contribution < 1.29 is 4.39 Å². The second-order valence-corrected chi connectivity index (χ2v) is 2.12. The van der Waals surface area contributed by atoms with Crippen molar-refractivity contribution in [3.05, 3.63) is 29.8 Å². The van der Waals surface area contributed by atoms with Crippen molar-refractivity contribution in [3.63, 3.8) is 0 Å². The minimum atomic E-state index is -0.269. The minimum Gasteiger partial charge on any atom is -0.261 e. The Hall–Kier alpha value is -0.490. The van der Waals surface area contributed by atoms with Crippen LogP contribution in [-0.2, 0) is 6.16 Å². The van der Waals surface area contributed by atoms with Gasteiger partial charge < -0.3 is 0 Å². The van der Waals surface area contributed by atoms with Crippen LogP contribution < -0.4 is 0 Å². The van der Waals surface area contributed by atoms with E-state index in [0.717, 1.165) is 11.7 Å². The normalized spacial score (nSPS) is 9.56. The molecule has 0 amide bonds. The summed E-state index contributed by atoms with van der Waals surface area (Å²) >= 11 is 0. The van der Waals surface area contributed by atoms with Crippen LogP contribution >= 0.6 is 9.24 Å². The zero-order chi connectivity index (χ0) is 6.69. The molecule has 1 aromatic heterocycles. The third-order valence-electron chi connectivity index (χ3n) is 0.997. The molecule has 0 aliphatic carbocycles. The first-order chi connectivity index (χ1) is 4.33. The predicted octanol–water partition coefficient (Wildman–Crippen LogP) is 1.60. The van der Waals surface area contributed by atoms with Gasteiger partial charge in [-0.15, -0.1) is 9.24 Å². The summed E-state index contributed by atoms with van der Waals surface area (Å²) in [4.78, 5) is 3.67. The Bertz CT molecular complexity index is 202. The molecule has 48 valence electrons. The SMILES string of the molecule is Fc1cncc(CP)c1. The standard InChI is InChI=1S/C6H7FNP/c7-6-1-5(4-9)2-8-3-6/h1-3H,4,9H2. The second-order valence-electron chi connectivity index (χ2n) is 1.72. The molecular weight excluding hydrogens is 136 g/mol. The Balaban J connectivity index is 2.94. The van der Waals surface area contributed by atoms with Gasteiger partial charge in [0.1, 0.15) is 5.82 Å². The lowest BCUT2D eigenvalue weighted by molar-refractivity contribution is 0.619. The topological polar surface area (TPSA) is 12.9 Å². The largest absolute Gasteiger partial charge is 0.261 e. The van der Waals surface area contributed by atoms with Crippen LogP contribution in [0, 0.1) is 5.82 Å². The van der Waals surface area contributed by atoms with E-state index in [1.807, 2.05) is 0 Å². The molecule has 9 heavy (non-hydrogen) atoms. The molecule has 1 atom stereocenters. The molecule has 0 radical (unpaired) electrons. The van der Waals surface area contributed by atoms with Crippen LogP contribution in [0.2, 0.25) is 0 Å². The van der Waals surface area contributed by atoms with Gasteiger partial charge in [0, 0.05) is 6.20 Å². The summed E-state index contributed by atoms with van der Waals surface area (Å²) in [6.07, 6.45) is 3.60. The maximum atomic E-state index is 12.3. The number of hydrogen-bond acceptors (Lipinski definition) is 1. The Kier molecular flexibility index (Phi) is 2.12. The van der Waals surface area contributed by atoms with E-state index in [4.69, 9.17) is 0 Å². The number of rotatable bonds is 1. The van der Waals surface area contributed by atoms with Crippen molar-refractivity contribution in [2.45, 2.75) is 6.16 Å². The highest BCUT2D eigenvalue weighted by atomic mass is 31.0. The van der Waals surface area contributed by atoms with Crippen LogP contribution in [0.15, 0.2) is 18.5 Å². The first-order valence-electron chi connectivity index (χ1n) is 2.62. The molecule has 3 heteroatoms. The summed E-state index contributed by atoms with van der Waals surface area (Å²) in [5.74, 6) is -0.269. The summed E-state index contributed by atoms with van der Waals surface area (Å²) in [5.41, 5.74) is 0.903. The van der Waals surface area contributed by atoms with E-state index in [-0.39, 0.29) is 5.82 Å².